The zero-order valence-electron chi connectivity index (χ0n) is 17.4. The average molecular weight is 449 g/mol. The molecule has 0 aliphatic carbocycles. The number of rotatable bonds is 8. The predicted octanol–water partition coefficient (Wildman–Crippen LogP) is 3.61. The van der Waals surface area contributed by atoms with Gasteiger partial charge in [-0.2, -0.15) is 4.31 Å². The molecule has 1 atom stereocenters. The molecule has 0 saturated carbocycles. The maximum Gasteiger partial charge on any atom is 0.293 e. The SMILES string of the molecule is O=[N+]([O-])c1cc(S(=O)(=O)N2CCCC2)ccc1NCC(c1ccco1)N1CCCCC1. The van der Waals surface area contributed by atoms with Crippen LogP contribution in [0.25, 0.3) is 0 Å². The Morgan fingerprint density at radius 3 is 2.42 bits per heavy atom. The predicted molar refractivity (Wildman–Crippen MR) is 116 cm³/mol. The van der Waals surface area contributed by atoms with Crippen molar-refractivity contribution in [3.63, 3.8) is 0 Å². The summed E-state index contributed by atoms with van der Waals surface area (Å²) in [6.07, 6.45) is 6.68. The van der Waals surface area contributed by atoms with E-state index in [0.29, 0.717) is 25.3 Å². The lowest BCUT2D eigenvalue weighted by Crippen LogP contribution is -2.37. The molecule has 168 valence electrons. The van der Waals surface area contributed by atoms with Crippen LogP contribution in [0.15, 0.2) is 45.9 Å². The summed E-state index contributed by atoms with van der Waals surface area (Å²) in [5.41, 5.74) is 0.0658. The van der Waals surface area contributed by atoms with Gasteiger partial charge >= 0.3 is 0 Å². The molecular weight excluding hydrogens is 420 g/mol. The quantitative estimate of drug-likeness (QED) is 0.485. The van der Waals surface area contributed by atoms with Gasteiger partial charge in [0.2, 0.25) is 10.0 Å². The van der Waals surface area contributed by atoms with Gasteiger partial charge in [-0.15, -0.1) is 0 Å². The fourth-order valence-electron chi connectivity index (χ4n) is 4.38. The van der Waals surface area contributed by atoms with Gasteiger partial charge in [0, 0.05) is 25.7 Å². The van der Waals surface area contributed by atoms with E-state index in [1.165, 1.54) is 28.9 Å². The van der Waals surface area contributed by atoms with Crippen LogP contribution in [0.5, 0.6) is 0 Å². The van der Waals surface area contributed by atoms with E-state index in [4.69, 9.17) is 4.42 Å². The second kappa shape index (κ2) is 9.37. The van der Waals surface area contributed by atoms with E-state index in [1.54, 1.807) is 6.26 Å². The molecule has 2 fully saturated rings. The number of nitrogens with one attached hydrogen (secondary N) is 1. The maximum atomic E-state index is 12.8. The van der Waals surface area contributed by atoms with Crippen LogP contribution in [0.3, 0.4) is 0 Å². The van der Waals surface area contributed by atoms with Gasteiger partial charge in [-0.3, -0.25) is 15.0 Å². The average Bonchev–Trinajstić information content (AvgIpc) is 3.49. The molecule has 2 aliphatic heterocycles. The van der Waals surface area contributed by atoms with Gasteiger partial charge in [0.15, 0.2) is 0 Å². The summed E-state index contributed by atoms with van der Waals surface area (Å²) in [7, 11) is -3.72. The van der Waals surface area contributed by atoms with Crippen LogP contribution in [0.4, 0.5) is 11.4 Å². The lowest BCUT2D eigenvalue weighted by Gasteiger charge is -2.33. The topological polar surface area (TPSA) is 109 Å². The molecule has 2 aliphatic rings. The van der Waals surface area contributed by atoms with Crippen LogP contribution < -0.4 is 5.32 Å². The van der Waals surface area contributed by atoms with Crippen molar-refractivity contribution in [1.82, 2.24) is 9.21 Å². The third-order valence-electron chi connectivity index (χ3n) is 6.06. The van der Waals surface area contributed by atoms with Gasteiger partial charge in [-0.25, -0.2) is 8.42 Å². The standard InChI is InChI=1S/C21H28N4O5S/c26-25(27)19-15-17(31(28,29)24-12-4-5-13-24)8-9-18(19)22-16-20(21-7-6-14-30-21)23-10-2-1-3-11-23/h6-9,14-15,20,22H,1-5,10-13,16H2. The molecule has 0 bridgehead atoms. The molecule has 9 nitrogen and oxygen atoms in total. The van der Waals surface area contributed by atoms with Crippen LogP contribution >= 0.6 is 0 Å². The summed E-state index contributed by atoms with van der Waals surface area (Å²) in [4.78, 5) is 13.5. The summed E-state index contributed by atoms with van der Waals surface area (Å²) in [5.74, 6) is 0.810. The first-order valence-electron chi connectivity index (χ1n) is 10.8. The van der Waals surface area contributed by atoms with Gasteiger partial charge in [-0.1, -0.05) is 6.42 Å². The van der Waals surface area contributed by atoms with Crippen molar-refractivity contribution in [3.8, 4) is 0 Å². The van der Waals surface area contributed by atoms with Crippen molar-refractivity contribution in [3.05, 3.63) is 52.5 Å². The molecule has 1 aromatic heterocycles. The number of hydrogen-bond donors (Lipinski definition) is 1. The molecule has 4 rings (SSSR count). The monoisotopic (exact) mass is 448 g/mol. The van der Waals surface area contributed by atoms with Gasteiger partial charge in [-0.05, 0) is 63.0 Å². The minimum Gasteiger partial charge on any atom is -0.468 e. The summed E-state index contributed by atoms with van der Waals surface area (Å²) < 4.78 is 32.7. The van der Waals surface area contributed by atoms with E-state index in [2.05, 4.69) is 10.2 Å². The molecule has 1 unspecified atom stereocenters. The Labute approximate surface area is 182 Å². The van der Waals surface area contributed by atoms with Crippen molar-refractivity contribution in [2.45, 2.75) is 43.0 Å². The Morgan fingerprint density at radius 2 is 1.77 bits per heavy atom. The number of piperidine rings is 1. The summed E-state index contributed by atoms with van der Waals surface area (Å²) in [5, 5.41) is 14.9. The third kappa shape index (κ3) is 4.76. The van der Waals surface area contributed by atoms with Crippen LogP contribution in [-0.2, 0) is 10.0 Å². The zero-order chi connectivity index (χ0) is 21.8. The fraction of sp³-hybridized carbons (Fsp3) is 0.524. The van der Waals surface area contributed by atoms with Crippen molar-refractivity contribution < 1.29 is 17.8 Å². The normalized spacial score (nSPS) is 19.4. The number of sulfonamides is 1. The van der Waals surface area contributed by atoms with E-state index < -0.39 is 14.9 Å². The molecule has 10 heteroatoms. The second-order valence-electron chi connectivity index (χ2n) is 8.06. The number of nitrogens with zero attached hydrogens (tertiary/aromatic N) is 3. The first-order chi connectivity index (χ1) is 15.0. The minimum absolute atomic E-state index is 0.0368. The van der Waals surface area contributed by atoms with Crippen LogP contribution in [0.2, 0.25) is 0 Å². The Kier molecular flexibility index (Phi) is 6.59. The maximum absolute atomic E-state index is 12.8. The lowest BCUT2D eigenvalue weighted by molar-refractivity contribution is -0.384. The number of nitro groups is 1. The first kappa shape index (κ1) is 21.8. The van der Waals surface area contributed by atoms with Gasteiger partial charge in [0.1, 0.15) is 11.4 Å². The third-order valence-corrected chi connectivity index (χ3v) is 7.95. The molecule has 0 amide bonds. The van der Waals surface area contributed by atoms with E-state index in [9.17, 15) is 18.5 Å². The lowest BCUT2D eigenvalue weighted by atomic mass is 10.1. The molecule has 2 saturated heterocycles. The summed E-state index contributed by atoms with van der Waals surface area (Å²) in [6, 6.07) is 7.82. The Morgan fingerprint density at radius 1 is 1.06 bits per heavy atom. The van der Waals surface area contributed by atoms with Crippen molar-refractivity contribution in [2.24, 2.45) is 0 Å². The van der Waals surface area contributed by atoms with Crippen LogP contribution in [-0.4, -0.2) is 55.3 Å². The van der Waals surface area contributed by atoms with Crippen molar-refractivity contribution in [1.29, 1.82) is 0 Å². The smallest absolute Gasteiger partial charge is 0.293 e. The van der Waals surface area contributed by atoms with E-state index in [-0.39, 0.29) is 16.6 Å². The molecule has 0 radical (unpaired) electrons. The van der Waals surface area contributed by atoms with Gasteiger partial charge < -0.3 is 9.73 Å². The van der Waals surface area contributed by atoms with Gasteiger partial charge in [0.05, 0.1) is 22.1 Å². The molecule has 2 aromatic rings. The zero-order valence-corrected chi connectivity index (χ0v) is 18.2. The van der Waals surface area contributed by atoms with Crippen LogP contribution in [0, 0.1) is 10.1 Å². The van der Waals surface area contributed by atoms with Crippen LogP contribution in [0.1, 0.15) is 43.9 Å². The van der Waals surface area contributed by atoms with E-state index in [1.807, 2.05) is 12.1 Å². The largest absolute Gasteiger partial charge is 0.468 e. The minimum atomic E-state index is -3.72. The molecule has 3 heterocycles. The summed E-state index contributed by atoms with van der Waals surface area (Å²) in [6.45, 7) is 3.23. The molecule has 0 spiro atoms. The fourth-order valence-corrected chi connectivity index (χ4v) is 5.91. The first-order valence-corrected chi connectivity index (χ1v) is 12.2. The number of likely N-dealkylation sites (tertiary alicyclic amines) is 1. The van der Waals surface area contributed by atoms with E-state index >= 15 is 0 Å². The second-order valence-corrected chi connectivity index (χ2v) is 9.99. The number of hydrogen-bond acceptors (Lipinski definition) is 7. The highest BCUT2D eigenvalue weighted by Crippen LogP contribution is 2.32. The highest BCUT2D eigenvalue weighted by atomic mass is 32.2. The molecule has 31 heavy (non-hydrogen) atoms. The molecular formula is C21H28N4O5S. The van der Waals surface area contributed by atoms with Gasteiger partial charge in [0.25, 0.3) is 5.69 Å². The molecule has 1 aromatic carbocycles. The van der Waals surface area contributed by atoms with Crippen molar-refractivity contribution in [2.75, 3.05) is 38.0 Å². The number of nitro benzene ring substituents is 1. The number of benzene rings is 1. The van der Waals surface area contributed by atoms with E-state index in [0.717, 1.165) is 44.5 Å². The van der Waals surface area contributed by atoms with Crippen molar-refractivity contribution >= 4 is 21.4 Å². The Balaban J connectivity index is 1.56. The Hall–Kier alpha value is -2.43. The number of furan rings is 1. The Bertz CT molecular complexity index is 997. The summed E-state index contributed by atoms with van der Waals surface area (Å²) >= 11 is 0. The highest BCUT2D eigenvalue weighted by molar-refractivity contribution is 7.89. The molecule has 1 N–H and O–H groups in total. The number of anilines is 1. The highest BCUT2D eigenvalue weighted by Gasteiger charge is 2.30.